The van der Waals surface area contributed by atoms with E-state index in [0.29, 0.717) is 11.5 Å². The summed E-state index contributed by atoms with van der Waals surface area (Å²) in [6.07, 6.45) is 2.43. The van der Waals surface area contributed by atoms with Crippen molar-refractivity contribution in [1.82, 2.24) is 0 Å². The van der Waals surface area contributed by atoms with Crippen LogP contribution in [0.1, 0.15) is 35.1 Å². The second-order valence-corrected chi connectivity index (χ2v) is 8.57. The van der Waals surface area contributed by atoms with E-state index in [1.807, 2.05) is 0 Å². The van der Waals surface area contributed by atoms with Crippen molar-refractivity contribution in [3.05, 3.63) is 34.4 Å². The Morgan fingerprint density at radius 1 is 1.25 bits per heavy atom. The minimum atomic E-state index is -2.79. The number of rotatable bonds is 4. The molecule has 0 spiro atoms. The lowest BCUT2D eigenvalue weighted by atomic mass is 9.90. The second kappa shape index (κ2) is 5.86. The molecule has 20 heavy (non-hydrogen) atoms. The van der Waals surface area contributed by atoms with Crippen LogP contribution in [-0.4, -0.2) is 26.0 Å². The molecule has 1 aromatic rings. The predicted molar refractivity (Wildman–Crippen MR) is 83.7 cm³/mol. The summed E-state index contributed by atoms with van der Waals surface area (Å²) in [7, 11) is -2.79. The zero-order valence-corrected chi connectivity index (χ0v) is 13.5. The van der Waals surface area contributed by atoms with Gasteiger partial charge in [0.2, 0.25) is 0 Å². The van der Waals surface area contributed by atoms with Crippen LogP contribution in [0.4, 0.5) is 0 Å². The lowest BCUT2D eigenvalue weighted by Crippen LogP contribution is -2.27. The third-order valence-corrected chi connectivity index (χ3v) is 6.11. The number of sulfone groups is 1. The lowest BCUT2D eigenvalue weighted by Gasteiger charge is -2.19. The van der Waals surface area contributed by atoms with Crippen LogP contribution >= 0.6 is 0 Å². The molecule has 1 aliphatic rings. The molecule has 3 nitrogen and oxygen atoms in total. The summed E-state index contributed by atoms with van der Waals surface area (Å²) >= 11 is 0. The smallest absolute Gasteiger partial charge is 0.150 e. The fourth-order valence-corrected chi connectivity index (χ4v) is 5.24. The third-order valence-electron chi connectivity index (χ3n) is 4.27. The van der Waals surface area contributed by atoms with Crippen molar-refractivity contribution >= 4 is 9.84 Å². The fourth-order valence-electron chi connectivity index (χ4n) is 3.36. The summed E-state index contributed by atoms with van der Waals surface area (Å²) in [5, 5.41) is 0. The first-order valence-corrected chi connectivity index (χ1v) is 9.11. The number of aryl methyl sites for hydroxylation is 3. The molecule has 4 heteroatoms. The van der Waals surface area contributed by atoms with Gasteiger partial charge in [0.15, 0.2) is 9.84 Å². The van der Waals surface area contributed by atoms with Crippen molar-refractivity contribution < 1.29 is 8.42 Å². The van der Waals surface area contributed by atoms with Crippen molar-refractivity contribution in [3.63, 3.8) is 0 Å². The zero-order chi connectivity index (χ0) is 14.9. The molecule has 0 saturated carbocycles. The molecule has 0 aliphatic carbocycles. The zero-order valence-electron chi connectivity index (χ0n) is 12.6. The molecule has 1 heterocycles. The van der Waals surface area contributed by atoms with Crippen molar-refractivity contribution in [1.29, 1.82) is 0 Å². The Morgan fingerprint density at radius 2 is 1.85 bits per heavy atom. The third kappa shape index (κ3) is 3.83. The van der Waals surface area contributed by atoms with Crippen LogP contribution in [0.5, 0.6) is 0 Å². The van der Waals surface area contributed by atoms with Gasteiger partial charge >= 0.3 is 0 Å². The highest BCUT2D eigenvalue weighted by Crippen LogP contribution is 2.25. The maximum Gasteiger partial charge on any atom is 0.150 e. The number of hydrogen-bond acceptors (Lipinski definition) is 3. The molecule has 0 radical (unpaired) electrons. The summed E-state index contributed by atoms with van der Waals surface area (Å²) < 4.78 is 23.0. The molecular formula is C16H25NO2S. The molecule has 1 saturated heterocycles. The number of nitrogens with two attached hydrogens (primary N) is 1. The Balaban J connectivity index is 2.00. The average Bonchev–Trinajstić information content (AvgIpc) is 2.63. The molecule has 1 aliphatic heterocycles. The Kier molecular flexibility index (Phi) is 4.55. The van der Waals surface area contributed by atoms with Gasteiger partial charge in [-0.05, 0) is 62.6 Å². The van der Waals surface area contributed by atoms with Crippen LogP contribution in [-0.2, 0) is 16.3 Å². The summed E-state index contributed by atoms with van der Waals surface area (Å²) in [5.74, 6) is 0.917. The van der Waals surface area contributed by atoms with Crippen LogP contribution in [0.2, 0.25) is 0 Å². The molecule has 2 N–H and O–H groups in total. The van der Waals surface area contributed by atoms with E-state index in [4.69, 9.17) is 5.73 Å². The van der Waals surface area contributed by atoms with Gasteiger partial charge in [-0.2, -0.15) is 0 Å². The van der Waals surface area contributed by atoms with Crippen molar-refractivity contribution in [2.45, 2.75) is 46.1 Å². The van der Waals surface area contributed by atoms with Crippen molar-refractivity contribution in [3.8, 4) is 0 Å². The summed E-state index contributed by atoms with van der Waals surface area (Å²) in [6, 6.07) is 4.43. The maximum atomic E-state index is 11.5. The second-order valence-electron chi connectivity index (χ2n) is 6.35. The normalized spacial score (nSPS) is 22.9. The van der Waals surface area contributed by atoms with E-state index >= 15 is 0 Å². The van der Waals surface area contributed by atoms with E-state index in [9.17, 15) is 8.42 Å². The summed E-state index contributed by atoms with van der Waals surface area (Å²) in [6.45, 7) is 6.36. The van der Waals surface area contributed by atoms with Crippen molar-refractivity contribution in [2.75, 3.05) is 11.5 Å². The first-order valence-electron chi connectivity index (χ1n) is 7.29. The van der Waals surface area contributed by atoms with E-state index in [0.717, 1.165) is 19.3 Å². The van der Waals surface area contributed by atoms with Crippen LogP contribution < -0.4 is 5.73 Å². The number of benzene rings is 1. The SMILES string of the molecule is Cc1cc(C)c(CC(N)CC2CCS(=O)(=O)C2)c(C)c1. The van der Waals surface area contributed by atoms with E-state index in [1.165, 1.54) is 22.3 Å². The lowest BCUT2D eigenvalue weighted by molar-refractivity contribution is 0.467. The van der Waals surface area contributed by atoms with Crippen LogP contribution in [0.25, 0.3) is 0 Å². The summed E-state index contributed by atoms with van der Waals surface area (Å²) in [4.78, 5) is 0. The molecule has 0 amide bonds. The molecule has 1 fully saturated rings. The molecule has 2 unspecified atom stereocenters. The van der Waals surface area contributed by atoms with Gasteiger partial charge in [0.05, 0.1) is 11.5 Å². The van der Waals surface area contributed by atoms with Gasteiger partial charge in [0.1, 0.15) is 0 Å². The van der Waals surface area contributed by atoms with Gasteiger partial charge in [-0.15, -0.1) is 0 Å². The highest BCUT2D eigenvalue weighted by Gasteiger charge is 2.29. The Morgan fingerprint density at radius 3 is 2.35 bits per heavy atom. The van der Waals surface area contributed by atoms with Crippen LogP contribution in [0.3, 0.4) is 0 Å². The largest absolute Gasteiger partial charge is 0.327 e. The van der Waals surface area contributed by atoms with Gasteiger partial charge in [0.25, 0.3) is 0 Å². The first kappa shape index (κ1) is 15.5. The van der Waals surface area contributed by atoms with Gasteiger partial charge in [-0.1, -0.05) is 17.7 Å². The molecule has 1 aromatic carbocycles. The van der Waals surface area contributed by atoms with Crippen molar-refractivity contribution in [2.24, 2.45) is 11.7 Å². The minimum Gasteiger partial charge on any atom is -0.327 e. The Bertz CT molecular complexity index is 569. The van der Waals surface area contributed by atoms with E-state index in [2.05, 4.69) is 32.9 Å². The van der Waals surface area contributed by atoms with E-state index < -0.39 is 9.84 Å². The Labute approximate surface area is 122 Å². The molecule has 0 bridgehead atoms. The maximum absolute atomic E-state index is 11.5. The summed E-state index contributed by atoms with van der Waals surface area (Å²) in [5.41, 5.74) is 11.4. The van der Waals surface area contributed by atoms with Crippen LogP contribution in [0, 0.1) is 26.7 Å². The van der Waals surface area contributed by atoms with Gasteiger partial charge in [-0.25, -0.2) is 8.42 Å². The monoisotopic (exact) mass is 295 g/mol. The number of hydrogen-bond donors (Lipinski definition) is 1. The molecular weight excluding hydrogens is 270 g/mol. The minimum absolute atomic E-state index is 0.0495. The quantitative estimate of drug-likeness (QED) is 0.927. The van der Waals surface area contributed by atoms with E-state index in [-0.39, 0.29) is 12.0 Å². The predicted octanol–water partition coefficient (Wildman–Crippen LogP) is 2.31. The topological polar surface area (TPSA) is 60.2 Å². The van der Waals surface area contributed by atoms with Crippen LogP contribution in [0.15, 0.2) is 12.1 Å². The highest BCUT2D eigenvalue weighted by molar-refractivity contribution is 7.91. The van der Waals surface area contributed by atoms with Gasteiger partial charge < -0.3 is 5.73 Å². The standard InChI is InChI=1S/C16H25NO2S/c1-11-6-12(2)16(13(3)7-11)9-15(17)8-14-4-5-20(18,19)10-14/h6-7,14-15H,4-5,8-10,17H2,1-3H3. The van der Waals surface area contributed by atoms with E-state index in [1.54, 1.807) is 0 Å². The first-order chi connectivity index (χ1) is 9.27. The average molecular weight is 295 g/mol. The Hall–Kier alpha value is -0.870. The fraction of sp³-hybridized carbons (Fsp3) is 0.625. The molecule has 2 rings (SSSR count). The molecule has 112 valence electrons. The van der Waals surface area contributed by atoms with Gasteiger partial charge in [0, 0.05) is 6.04 Å². The van der Waals surface area contributed by atoms with Gasteiger partial charge in [-0.3, -0.25) is 0 Å². The molecule has 0 aromatic heterocycles. The molecule has 2 atom stereocenters. The highest BCUT2D eigenvalue weighted by atomic mass is 32.2.